The average Bonchev–Trinajstić information content (AvgIpc) is 3.14. The Kier molecular flexibility index (Phi) is 6.08. The van der Waals surface area contributed by atoms with Crippen LogP contribution in [0.1, 0.15) is 23.3 Å². The van der Waals surface area contributed by atoms with Gasteiger partial charge in [0.15, 0.2) is 5.13 Å². The maximum atomic E-state index is 11.8. The van der Waals surface area contributed by atoms with E-state index in [1.54, 1.807) is 19.2 Å². The normalized spacial score (nSPS) is 17.4. The summed E-state index contributed by atoms with van der Waals surface area (Å²) in [5.41, 5.74) is 1.11. The van der Waals surface area contributed by atoms with Gasteiger partial charge in [-0.3, -0.25) is 9.78 Å². The highest BCUT2D eigenvalue weighted by atomic mass is 32.2. The van der Waals surface area contributed by atoms with E-state index in [-0.39, 0.29) is 17.6 Å². The minimum Gasteiger partial charge on any atom is -0.457 e. The number of sulfonamides is 1. The predicted octanol–water partition coefficient (Wildman–Crippen LogP) is 2.68. The van der Waals surface area contributed by atoms with Crippen LogP contribution in [0.2, 0.25) is 0 Å². The number of thiazole rings is 1. The van der Waals surface area contributed by atoms with Crippen LogP contribution in [-0.4, -0.2) is 61.0 Å². The van der Waals surface area contributed by atoms with E-state index in [2.05, 4.69) is 20.6 Å². The number of hydrogen-bond acceptors (Lipinski definition) is 8. The van der Waals surface area contributed by atoms with Crippen molar-refractivity contribution in [1.82, 2.24) is 19.6 Å². The molecule has 1 aliphatic rings. The third-order valence-corrected chi connectivity index (χ3v) is 7.19. The minimum absolute atomic E-state index is 0.0275. The maximum absolute atomic E-state index is 11.8. The highest BCUT2D eigenvalue weighted by Crippen LogP contribution is 2.32. The van der Waals surface area contributed by atoms with Gasteiger partial charge in [-0.2, -0.15) is 0 Å². The van der Waals surface area contributed by atoms with Gasteiger partial charge in [-0.05, 0) is 31.0 Å². The molecule has 4 rings (SSSR count). The zero-order valence-electron chi connectivity index (χ0n) is 17.2. The zero-order valence-corrected chi connectivity index (χ0v) is 18.8. The molecule has 3 aromatic rings. The standard InChI is InChI=1S/C20H23N5O4S2/c1-21-19(26)17-10-15(7-8-22-17)29-14-5-6-16-18(11-14)30-20(24-16)23-13-4-3-9-25(12-13)31(2,27)28/h5-8,10-11,13H,3-4,9,12H2,1-2H3,(H,21,26)(H,23,24). The molecule has 1 aromatic carbocycles. The lowest BCUT2D eigenvalue weighted by atomic mass is 10.1. The molecule has 0 spiro atoms. The summed E-state index contributed by atoms with van der Waals surface area (Å²) in [5.74, 6) is 0.854. The summed E-state index contributed by atoms with van der Waals surface area (Å²) >= 11 is 1.49. The van der Waals surface area contributed by atoms with Crippen LogP contribution in [0.3, 0.4) is 0 Å². The van der Waals surface area contributed by atoms with Crippen LogP contribution in [0.15, 0.2) is 36.5 Å². The first-order chi connectivity index (χ1) is 14.8. The van der Waals surface area contributed by atoms with Crippen LogP contribution in [0.5, 0.6) is 11.5 Å². The SMILES string of the molecule is CNC(=O)c1cc(Oc2ccc3nc(NC4CCCN(S(C)(=O)=O)C4)sc3c2)ccn1. The zero-order chi connectivity index (χ0) is 22.0. The molecule has 2 N–H and O–H groups in total. The highest BCUT2D eigenvalue weighted by molar-refractivity contribution is 7.88. The van der Waals surface area contributed by atoms with Crippen molar-refractivity contribution in [3.05, 3.63) is 42.2 Å². The molecule has 164 valence electrons. The Balaban J connectivity index is 1.48. The number of piperidine rings is 1. The molecule has 2 aromatic heterocycles. The summed E-state index contributed by atoms with van der Waals surface area (Å²) in [6.45, 7) is 1.01. The first-order valence-corrected chi connectivity index (χ1v) is 12.5. The van der Waals surface area contributed by atoms with Gasteiger partial charge in [0.25, 0.3) is 5.91 Å². The molecular formula is C20H23N5O4S2. The molecule has 0 radical (unpaired) electrons. The summed E-state index contributed by atoms with van der Waals surface area (Å²) in [6.07, 6.45) is 4.48. The lowest BCUT2D eigenvalue weighted by molar-refractivity contribution is 0.0958. The van der Waals surface area contributed by atoms with Gasteiger partial charge in [-0.25, -0.2) is 17.7 Å². The molecular weight excluding hydrogens is 438 g/mol. The Hall–Kier alpha value is -2.76. The van der Waals surface area contributed by atoms with Crippen molar-refractivity contribution in [3.8, 4) is 11.5 Å². The van der Waals surface area contributed by atoms with E-state index in [1.807, 2.05) is 18.2 Å². The molecule has 1 atom stereocenters. The molecule has 0 saturated carbocycles. The molecule has 1 unspecified atom stereocenters. The molecule has 31 heavy (non-hydrogen) atoms. The Morgan fingerprint density at radius 3 is 2.84 bits per heavy atom. The van der Waals surface area contributed by atoms with Gasteiger partial charge in [0.1, 0.15) is 17.2 Å². The number of rotatable bonds is 6. The summed E-state index contributed by atoms with van der Waals surface area (Å²) in [7, 11) is -1.64. The topological polar surface area (TPSA) is 114 Å². The fourth-order valence-corrected chi connectivity index (χ4v) is 5.31. The van der Waals surface area contributed by atoms with Gasteiger partial charge in [0, 0.05) is 44.5 Å². The monoisotopic (exact) mass is 461 g/mol. The molecule has 1 fully saturated rings. The van der Waals surface area contributed by atoms with E-state index in [0.29, 0.717) is 24.6 Å². The minimum atomic E-state index is -3.19. The van der Waals surface area contributed by atoms with Crippen LogP contribution in [0.4, 0.5) is 5.13 Å². The fourth-order valence-electron chi connectivity index (χ4n) is 3.43. The molecule has 11 heteroatoms. The van der Waals surface area contributed by atoms with Gasteiger partial charge in [-0.1, -0.05) is 11.3 Å². The van der Waals surface area contributed by atoms with Crippen LogP contribution in [0, 0.1) is 0 Å². The Bertz CT molecular complexity index is 1210. The third kappa shape index (κ3) is 5.12. The summed E-state index contributed by atoms with van der Waals surface area (Å²) in [6, 6.07) is 8.88. The molecule has 1 saturated heterocycles. The second-order valence-electron chi connectivity index (χ2n) is 7.31. The number of carbonyl (C=O) groups excluding carboxylic acids is 1. The molecule has 1 amide bonds. The molecule has 9 nitrogen and oxygen atoms in total. The summed E-state index contributed by atoms with van der Waals surface area (Å²) < 4.78 is 32.0. The van der Waals surface area contributed by atoms with Gasteiger partial charge in [0.05, 0.1) is 16.5 Å². The number of hydrogen-bond donors (Lipinski definition) is 2. The first-order valence-electron chi connectivity index (χ1n) is 9.80. The summed E-state index contributed by atoms with van der Waals surface area (Å²) in [4.78, 5) is 20.4. The Morgan fingerprint density at radius 1 is 1.26 bits per heavy atom. The fraction of sp³-hybridized carbons (Fsp3) is 0.350. The second-order valence-corrected chi connectivity index (χ2v) is 10.3. The number of nitrogens with one attached hydrogen (secondary N) is 2. The lowest BCUT2D eigenvalue weighted by Crippen LogP contribution is -2.44. The van der Waals surface area contributed by atoms with E-state index in [4.69, 9.17) is 4.74 Å². The Morgan fingerprint density at radius 2 is 2.06 bits per heavy atom. The largest absolute Gasteiger partial charge is 0.457 e. The van der Waals surface area contributed by atoms with Gasteiger partial charge in [0.2, 0.25) is 10.0 Å². The van der Waals surface area contributed by atoms with Crippen LogP contribution >= 0.6 is 11.3 Å². The number of amides is 1. The van der Waals surface area contributed by atoms with Gasteiger partial charge >= 0.3 is 0 Å². The number of ether oxygens (including phenoxy) is 1. The maximum Gasteiger partial charge on any atom is 0.269 e. The van der Waals surface area contributed by atoms with Crippen molar-refractivity contribution in [1.29, 1.82) is 0 Å². The van der Waals surface area contributed by atoms with Crippen LogP contribution in [-0.2, 0) is 10.0 Å². The van der Waals surface area contributed by atoms with Gasteiger partial charge < -0.3 is 15.4 Å². The van der Waals surface area contributed by atoms with E-state index in [0.717, 1.165) is 28.2 Å². The molecule has 3 heterocycles. The quantitative estimate of drug-likeness (QED) is 0.580. The third-order valence-electron chi connectivity index (χ3n) is 4.97. The van der Waals surface area contributed by atoms with Crippen LogP contribution in [0.25, 0.3) is 10.2 Å². The predicted molar refractivity (Wildman–Crippen MR) is 120 cm³/mol. The van der Waals surface area contributed by atoms with Crippen molar-refractivity contribution in [2.75, 3.05) is 31.7 Å². The molecule has 1 aliphatic heterocycles. The molecule has 0 aliphatic carbocycles. The van der Waals surface area contributed by atoms with E-state index in [1.165, 1.54) is 28.1 Å². The first kappa shape index (κ1) is 21.5. The number of anilines is 1. The van der Waals surface area contributed by atoms with Crippen molar-refractivity contribution in [2.24, 2.45) is 0 Å². The van der Waals surface area contributed by atoms with E-state index < -0.39 is 10.0 Å². The van der Waals surface area contributed by atoms with E-state index >= 15 is 0 Å². The smallest absolute Gasteiger partial charge is 0.269 e. The van der Waals surface area contributed by atoms with Crippen molar-refractivity contribution < 1.29 is 17.9 Å². The number of carbonyl (C=O) groups is 1. The van der Waals surface area contributed by atoms with Crippen LogP contribution < -0.4 is 15.4 Å². The average molecular weight is 462 g/mol. The van der Waals surface area contributed by atoms with Crippen molar-refractivity contribution >= 4 is 42.6 Å². The second kappa shape index (κ2) is 8.77. The number of pyridine rings is 1. The Labute approximate surface area is 184 Å². The van der Waals surface area contributed by atoms with Crippen molar-refractivity contribution in [3.63, 3.8) is 0 Å². The van der Waals surface area contributed by atoms with Crippen molar-refractivity contribution in [2.45, 2.75) is 18.9 Å². The number of aromatic nitrogens is 2. The van der Waals surface area contributed by atoms with E-state index in [9.17, 15) is 13.2 Å². The summed E-state index contributed by atoms with van der Waals surface area (Å²) in [5, 5.41) is 6.66. The number of benzene rings is 1. The lowest BCUT2D eigenvalue weighted by Gasteiger charge is -2.31. The number of fused-ring (bicyclic) bond motifs is 1. The highest BCUT2D eigenvalue weighted by Gasteiger charge is 2.26. The van der Waals surface area contributed by atoms with Gasteiger partial charge in [-0.15, -0.1) is 0 Å². The molecule has 0 bridgehead atoms. The number of nitrogens with zero attached hydrogens (tertiary/aromatic N) is 3.